The topological polar surface area (TPSA) is 103 Å². The monoisotopic (exact) mass is 496 g/mol. The van der Waals surface area contributed by atoms with Crippen molar-refractivity contribution < 1.29 is 41.8 Å². The standard InChI is InChI=1S/C22H19F3N2O6S/c1-11(20(29)26-9-12-2-4-15-16(6-12)32-10-31-15)33-19(28)8-18-21(30)27-14-7-13(22(23,24)25)3-5-17(14)34-18/h2-7,11,18H,8-10H2,1H3,(H,26,29)(H,27,30). The number of fused-ring (bicyclic) bond motifs is 2. The van der Waals surface area contributed by atoms with Gasteiger partial charge in [-0.3, -0.25) is 14.4 Å². The molecule has 0 bridgehead atoms. The molecular formula is C22H19F3N2O6S. The molecule has 2 amide bonds. The van der Waals surface area contributed by atoms with Gasteiger partial charge in [0.15, 0.2) is 17.6 Å². The van der Waals surface area contributed by atoms with Crippen molar-refractivity contribution in [3.8, 4) is 11.5 Å². The third-order valence-electron chi connectivity index (χ3n) is 5.06. The van der Waals surface area contributed by atoms with Crippen molar-refractivity contribution >= 4 is 35.2 Å². The van der Waals surface area contributed by atoms with Crippen molar-refractivity contribution in [2.24, 2.45) is 0 Å². The van der Waals surface area contributed by atoms with Gasteiger partial charge in [-0.05, 0) is 42.8 Å². The second kappa shape index (κ2) is 9.45. The van der Waals surface area contributed by atoms with E-state index in [-0.39, 0.29) is 25.4 Å². The zero-order chi connectivity index (χ0) is 24.5. The number of hydrogen-bond acceptors (Lipinski definition) is 7. The van der Waals surface area contributed by atoms with Gasteiger partial charge in [0, 0.05) is 11.4 Å². The average Bonchev–Trinajstić information content (AvgIpc) is 3.24. The first-order valence-electron chi connectivity index (χ1n) is 10.1. The molecule has 2 aliphatic heterocycles. The quantitative estimate of drug-likeness (QED) is 0.591. The van der Waals surface area contributed by atoms with E-state index in [0.29, 0.717) is 16.4 Å². The lowest BCUT2D eigenvalue weighted by Crippen LogP contribution is -2.37. The predicted octanol–water partition coefficient (Wildman–Crippen LogP) is 3.49. The van der Waals surface area contributed by atoms with Gasteiger partial charge < -0.3 is 24.8 Å². The zero-order valence-corrected chi connectivity index (χ0v) is 18.5. The number of anilines is 1. The zero-order valence-electron chi connectivity index (χ0n) is 17.7. The van der Waals surface area contributed by atoms with E-state index in [1.54, 1.807) is 18.2 Å². The van der Waals surface area contributed by atoms with Crippen molar-refractivity contribution in [2.45, 2.75) is 42.3 Å². The van der Waals surface area contributed by atoms with Gasteiger partial charge >= 0.3 is 12.1 Å². The molecule has 0 aliphatic carbocycles. The van der Waals surface area contributed by atoms with Crippen LogP contribution in [-0.2, 0) is 31.8 Å². The molecule has 8 nitrogen and oxygen atoms in total. The van der Waals surface area contributed by atoms with Crippen LogP contribution in [0, 0.1) is 0 Å². The molecule has 12 heteroatoms. The van der Waals surface area contributed by atoms with Crippen LogP contribution in [0.2, 0.25) is 0 Å². The minimum atomic E-state index is -4.54. The Bertz CT molecular complexity index is 1140. The van der Waals surface area contributed by atoms with Crippen LogP contribution in [-0.4, -0.2) is 35.9 Å². The molecule has 0 aromatic heterocycles. The van der Waals surface area contributed by atoms with Gasteiger partial charge in [0.05, 0.1) is 22.9 Å². The van der Waals surface area contributed by atoms with Crippen molar-refractivity contribution in [2.75, 3.05) is 12.1 Å². The van der Waals surface area contributed by atoms with E-state index in [4.69, 9.17) is 14.2 Å². The summed E-state index contributed by atoms with van der Waals surface area (Å²) in [5.41, 5.74) is -0.0879. The van der Waals surface area contributed by atoms with Gasteiger partial charge in [-0.15, -0.1) is 11.8 Å². The highest BCUT2D eigenvalue weighted by Gasteiger charge is 2.35. The van der Waals surface area contributed by atoms with Crippen LogP contribution in [0.15, 0.2) is 41.3 Å². The van der Waals surface area contributed by atoms with Crippen LogP contribution in [0.4, 0.5) is 18.9 Å². The van der Waals surface area contributed by atoms with Crippen LogP contribution in [0.1, 0.15) is 24.5 Å². The van der Waals surface area contributed by atoms with E-state index in [1.165, 1.54) is 13.0 Å². The molecule has 4 rings (SSSR count). The smallest absolute Gasteiger partial charge is 0.416 e. The molecule has 34 heavy (non-hydrogen) atoms. The maximum absolute atomic E-state index is 12.9. The highest BCUT2D eigenvalue weighted by atomic mass is 32.2. The van der Waals surface area contributed by atoms with Crippen molar-refractivity contribution in [1.29, 1.82) is 0 Å². The number of hydrogen-bond donors (Lipinski definition) is 2. The SMILES string of the molecule is CC(OC(=O)CC1Sc2ccc(C(F)(F)F)cc2NC1=O)C(=O)NCc1ccc2c(c1)OCO2. The Balaban J connectivity index is 1.28. The second-order valence-electron chi connectivity index (χ2n) is 7.55. The maximum atomic E-state index is 12.9. The third-order valence-corrected chi connectivity index (χ3v) is 6.33. The van der Waals surface area contributed by atoms with Crippen LogP contribution >= 0.6 is 11.8 Å². The number of rotatable bonds is 6. The number of ether oxygens (including phenoxy) is 3. The molecular weight excluding hydrogens is 477 g/mol. The lowest BCUT2D eigenvalue weighted by Gasteiger charge is -2.24. The fourth-order valence-corrected chi connectivity index (χ4v) is 4.37. The number of halogens is 3. The first-order valence-corrected chi connectivity index (χ1v) is 11.0. The number of amides is 2. The van der Waals surface area contributed by atoms with Crippen LogP contribution in [0.3, 0.4) is 0 Å². The normalized spacial score (nSPS) is 17.4. The molecule has 2 unspecified atom stereocenters. The van der Waals surface area contributed by atoms with E-state index in [2.05, 4.69) is 10.6 Å². The van der Waals surface area contributed by atoms with Crippen LogP contribution in [0.25, 0.3) is 0 Å². The van der Waals surface area contributed by atoms with Gasteiger partial charge in [-0.1, -0.05) is 6.07 Å². The minimum Gasteiger partial charge on any atom is -0.454 e. The molecule has 0 saturated heterocycles. The fourth-order valence-electron chi connectivity index (χ4n) is 3.30. The molecule has 0 saturated carbocycles. The minimum absolute atomic E-state index is 0.0331. The van der Waals surface area contributed by atoms with E-state index >= 15 is 0 Å². The molecule has 0 radical (unpaired) electrons. The summed E-state index contributed by atoms with van der Waals surface area (Å²) in [7, 11) is 0. The number of esters is 1. The highest BCUT2D eigenvalue weighted by Crippen LogP contribution is 2.40. The first-order chi connectivity index (χ1) is 16.1. The van der Waals surface area contributed by atoms with Gasteiger partial charge in [0.2, 0.25) is 12.7 Å². The summed E-state index contributed by atoms with van der Waals surface area (Å²) in [6.07, 6.45) is -6.00. The molecule has 2 aliphatic rings. The summed E-state index contributed by atoms with van der Waals surface area (Å²) < 4.78 is 54.3. The number of nitrogens with one attached hydrogen (secondary N) is 2. The van der Waals surface area contributed by atoms with Crippen molar-refractivity contribution in [1.82, 2.24) is 5.32 Å². The first kappa shape index (κ1) is 23.7. The molecule has 2 N–H and O–H groups in total. The molecule has 2 aromatic carbocycles. The van der Waals surface area contributed by atoms with Crippen LogP contribution < -0.4 is 20.1 Å². The lowest BCUT2D eigenvalue weighted by atomic mass is 10.1. The van der Waals surface area contributed by atoms with E-state index < -0.39 is 40.9 Å². The largest absolute Gasteiger partial charge is 0.454 e. The molecule has 0 fully saturated rings. The third kappa shape index (κ3) is 5.38. The van der Waals surface area contributed by atoms with Gasteiger partial charge in [-0.25, -0.2) is 0 Å². The fraction of sp³-hybridized carbons (Fsp3) is 0.318. The average molecular weight is 496 g/mol. The Morgan fingerprint density at radius 2 is 1.97 bits per heavy atom. The Morgan fingerprint density at radius 3 is 2.74 bits per heavy atom. The lowest BCUT2D eigenvalue weighted by molar-refractivity contribution is -0.155. The Hall–Kier alpha value is -3.41. The summed E-state index contributed by atoms with van der Waals surface area (Å²) in [5, 5.41) is 4.14. The number of carbonyl (C=O) groups is 3. The van der Waals surface area contributed by atoms with Gasteiger partial charge in [-0.2, -0.15) is 13.2 Å². The number of thioether (sulfide) groups is 1. The van der Waals surface area contributed by atoms with E-state index in [0.717, 1.165) is 29.5 Å². The summed E-state index contributed by atoms with van der Waals surface area (Å²) in [5.74, 6) is -0.740. The molecule has 180 valence electrons. The van der Waals surface area contributed by atoms with Crippen molar-refractivity contribution in [3.63, 3.8) is 0 Å². The Morgan fingerprint density at radius 1 is 1.21 bits per heavy atom. The summed E-state index contributed by atoms with van der Waals surface area (Å²) >= 11 is 0.963. The summed E-state index contributed by atoms with van der Waals surface area (Å²) in [6.45, 7) is 1.71. The molecule has 2 aromatic rings. The maximum Gasteiger partial charge on any atom is 0.416 e. The highest BCUT2D eigenvalue weighted by molar-refractivity contribution is 8.01. The van der Waals surface area contributed by atoms with Crippen LogP contribution in [0.5, 0.6) is 11.5 Å². The number of benzene rings is 2. The van der Waals surface area contributed by atoms with Gasteiger partial charge in [0.25, 0.3) is 5.91 Å². The molecule has 2 heterocycles. The van der Waals surface area contributed by atoms with Gasteiger partial charge in [0.1, 0.15) is 0 Å². The summed E-state index contributed by atoms with van der Waals surface area (Å²) in [4.78, 5) is 37.3. The van der Waals surface area contributed by atoms with Crippen molar-refractivity contribution in [3.05, 3.63) is 47.5 Å². The number of alkyl halides is 3. The Labute approximate surface area is 196 Å². The molecule has 2 atom stereocenters. The molecule has 0 spiro atoms. The summed E-state index contributed by atoms with van der Waals surface area (Å²) in [6, 6.07) is 8.22. The second-order valence-corrected chi connectivity index (χ2v) is 8.79. The Kier molecular flexibility index (Phi) is 6.60. The van der Waals surface area contributed by atoms with E-state index in [1.807, 2.05) is 0 Å². The van der Waals surface area contributed by atoms with E-state index in [9.17, 15) is 27.6 Å². The number of carbonyl (C=O) groups excluding carboxylic acids is 3. The predicted molar refractivity (Wildman–Crippen MR) is 114 cm³/mol.